The van der Waals surface area contributed by atoms with Crippen LogP contribution in [0.4, 0.5) is 0 Å². The average molecular weight is 241 g/mol. The second kappa shape index (κ2) is 4.66. The number of benzene rings is 1. The quantitative estimate of drug-likeness (QED) is 0.738. The molecule has 0 radical (unpaired) electrons. The number of rotatable bonds is 4. The van der Waals surface area contributed by atoms with Gasteiger partial charge >= 0.3 is 0 Å². The molecule has 3 rings (SSSR count). The van der Waals surface area contributed by atoms with Gasteiger partial charge in [0.05, 0.1) is 12.2 Å². The van der Waals surface area contributed by atoms with Crippen LogP contribution in [0.15, 0.2) is 47.1 Å². The summed E-state index contributed by atoms with van der Waals surface area (Å²) in [5, 5.41) is 11.3. The third kappa shape index (κ3) is 2.15. The maximum Gasteiger partial charge on any atom is 0.134 e. The minimum absolute atomic E-state index is 0.173. The first-order valence-corrected chi connectivity index (χ1v) is 6.02. The zero-order valence-corrected chi connectivity index (χ0v) is 10.2. The van der Waals surface area contributed by atoms with Gasteiger partial charge in [-0.05, 0) is 19.1 Å². The van der Waals surface area contributed by atoms with E-state index in [0.29, 0.717) is 0 Å². The van der Waals surface area contributed by atoms with Crippen LogP contribution in [0.5, 0.6) is 0 Å². The van der Waals surface area contributed by atoms with E-state index in [0.717, 1.165) is 28.8 Å². The monoisotopic (exact) mass is 241 g/mol. The predicted molar refractivity (Wildman–Crippen MR) is 70.1 cm³/mol. The number of H-pyrrole nitrogens is 1. The molecule has 2 heterocycles. The van der Waals surface area contributed by atoms with Crippen molar-refractivity contribution in [2.75, 3.05) is 0 Å². The molecule has 2 aromatic heterocycles. The number of fused-ring (bicyclic) bond motifs is 1. The Hall–Kier alpha value is -2.07. The average Bonchev–Trinajstić information content (AvgIpc) is 3.04. The van der Waals surface area contributed by atoms with Crippen molar-refractivity contribution >= 4 is 11.0 Å². The van der Waals surface area contributed by atoms with E-state index in [1.165, 1.54) is 0 Å². The topological polar surface area (TPSA) is 53.9 Å². The molecule has 0 fully saturated rings. The number of nitrogens with one attached hydrogen (secondary N) is 2. The van der Waals surface area contributed by atoms with Crippen LogP contribution < -0.4 is 5.32 Å². The van der Waals surface area contributed by atoms with Crippen molar-refractivity contribution in [2.45, 2.75) is 19.5 Å². The fraction of sp³-hybridized carbons (Fsp3) is 0.214. The smallest absolute Gasteiger partial charge is 0.134 e. The van der Waals surface area contributed by atoms with Crippen LogP contribution in [0.3, 0.4) is 0 Å². The maximum absolute atomic E-state index is 5.81. The molecular weight excluding hydrogens is 226 g/mol. The van der Waals surface area contributed by atoms with E-state index in [1.807, 2.05) is 30.6 Å². The van der Waals surface area contributed by atoms with Crippen molar-refractivity contribution in [1.29, 1.82) is 0 Å². The Morgan fingerprint density at radius 1 is 1.39 bits per heavy atom. The van der Waals surface area contributed by atoms with Gasteiger partial charge in [-0.15, -0.1) is 0 Å². The van der Waals surface area contributed by atoms with Crippen molar-refractivity contribution in [2.24, 2.45) is 0 Å². The number of aromatic amines is 1. The molecular formula is C14H15N3O. The highest BCUT2D eigenvalue weighted by molar-refractivity contribution is 5.77. The summed E-state index contributed by atoms with van der Waals surface area (Å²) in [5.74, 6) is 0.958. The predicted octanol–water partition coefficient (Wildman–Crippen LogP) is 3.01. The van der Waals surface area contributed by atoms with Crippen molar-refractivity contribution in [3.05, 3.63) is 54.0 Å². The lowest BCUT2D eigenvalue weighted by molar-refractivity contribution is 0.451. The molecule has 18 heavy (non-hydrogen) atoms. The van der Waals surface area contributed by atoms with E-state index >= 15 is 0 Å². The molecule has 1 aromatic carbocycles. The summed E-state index contributed by atoms with van der Waals surface area (Å²) in [4.78, 5) is 0. The highest BCUT2D eigenvalue weighted by atomic mass is 16.3. The molecule has 0 amide bonds. The van der Waals surface area contributed by atoms with Gasteiger partial charge in [-0.25, -0.2) is 0 Å². The van der Waals surface area contributed by atoms with Crippen molar-refractivity contribution in [3.8, 4) is 0 Å². The van der Waals surface area contributed by atoms with E-state index in [1.54, 1.807) is 0 Å². The molecule has 0 saturated heterocycles. The van der Waals surface area contributed by atoms with E-state index in [-0.39, 0.29) is 6.04 Å². The molecule has 0 aliphatic rings. The molecule has 0 aliphatic carbocycles. The Morgan fingerprint density at radius 2 is 2.28 bits per heavy atom. The van der Waals surface area contributed by atoms with E-state index in [2.05, 4.69) is 34.6 Å². The standard InChI is InChI=1S/C14H15N3O/c1-10(15-7-11-8-16-17-9-11)14-6-12-4-2-3-5-13(12)18-14/h2-6,8-10,15H,7H2,1H3,(H,16,17). The summed E-state index contributed by atoms with van der Waals surface area (Å²) in [6.45, 7) is 2.87. The number of hydrogen-bond acceptors (Lipinski definition) is 3. The summed E-state index contributed by atoms with van der Waals surface area (Å²) in [6.07, 6.45) is 3.71. The molecule has 0 spiro atoms. The number of nitrogens with zero attached hydrogens (tertiary/aromatic N) is 1. The van der Waals surface area contributed by atoms with Crippen LogP contribution in [0.25, 0.3) is 11.0 Å². The van der Waals surface area contributed by atoms with E-state index < -0.39 is 0 Å². The van der Waals surface area contributed by atoms with E-state index in [4.69, 9.17) is 4.42 Å². The van der Waals surface area contributed by atoms with Gasteiger partial charge in [0.15, 0.2) is 0 Å². The third-order valence-electron chi connectivity index (χ3n) is 3.04. The second-order valence-electron chi connectivity index (χ2n) is 4.40. The SMILES string of the molecule is CC(NCc1cn[nH]c1)c1cc2ccccc2o1. The number of aromatic nitrogens is 2. The molecule has 2 N–H and O–H groups in total. The number of furan rings is 1. The van der Waals surface area contributed by atoms with Crippen molar-refractivity contribution in [3.63, 3.8) is 0 Å². The largest absolute Gasteiger partial charge is 0.459 e. The minimum atomic E-state index is 0.173. The Labute approximate surface area is 105 Å². The third-order valence-corrected chi connectivity index (χ3v) is 3.04. The molecule has 4 nitrogen and oxygen atoms in total. The molecule has 0 aliphatic heterocycles. The highest BCUT2D eigenvalue weighted by Gasteiger charge is 2.10. The van der Waals surface area contributed by atoms with Gasteiger partial charge in [-0.1, -0.05) is 18.2 Å². The summed E-state index contributed by atoms with van der Waals surface area (Å²) >= 11 is 0. The lowest BCUT2D eigenvalue weighted by Gasteiger charge is -2.09. The summed E-state index contributed by atoms with van der Waals surface area (Å²) in [7, 11) is 0. The van der Waals surface area contributed by atoms with Crippen LogP contribution in [0.2, 0.25) is 0 Å². The first-order chi connectivity index (χ1) is 8.83. The Morgan fingerprint density at radius 3 is 3.06 bits per heavy atom. The Kier molecular flexibility index (Phi) is 2.86. The number of para-hydroxylation sites is 1. The molecule has 4 heteroatoms. The summed E-state index contributed by atoms with van der Waals surface area (Å²) < 4.78 is 5.81. The lowest BCUT2D eigenvalue weighted by Crippen LogP contribution is -2.17. The fourth-order valence-corrected chi connectivity index (χ4v) is 1.96. The van der Waals surface area contributed by atoms with Crippen LogP contribution in [0, 0.1) is 0 Å². The maximum atomic E-state index is 5.81. The van der Waals surface area contributed by atoms with Crippen LogP contribution in [-0.4, -0.2) is 10.2 Å². The fourth-order valence-electron chi connectivity index (χ4n) is 1.96. The molecule has 3 aromatic rings. The normalized spacial score (nSPS) is 12.9. The van der Waals surface area contributed by atoms with Crippen LogP contribution in [0.1, 0.15) is 24.3 Å². The second-order valence-corrected chi connectivity index (χ2v) is 4.40. The lowest BCUT2D eigenvalue weighted by atomic mass is 10.2. The summed E-state index contributed by atoms with van der Waals surface area (Å²) in [5.41, 5.74) is 2.07. The van der Waals surface area contributed by atoms with Gasteiger partial charge < -0.3 is 9.73 Å². The first kappa shape index (κ1) is 11.0. The van der Waals surface area contributed by atoms with Crippen molar-refractivity contribution < 1.29 is 4.42 Å². The zero-order chi connectivity index (χ0) is 12.4. The van der Waals surface area contributed by atoms with Crippen molar-refractivity contribution in [1.82, 2.24) is 15.5 Å². The molecule has 1 unspecified atom stereocenters. The van der Waals surface area contributed by atoms with Gasteiger partial charge in [0.1, 0.15) is 11.3 Å². The highest BCUT2D eigenvalue weighted by Crippen LogP contribution is 2.23. The Bertz CT molecular complexity index is 594. The minimum Gasteiger partial charge on any atom is -0.459 e. The zero-order valence-electron chi connectivity index (χ0n) is 10.2. The van der Waals surface area contributed by atoms with Crippen LogP contribution >= 0.6 is 0 Å². The Balaban J connectivity index is 1.73. The van der Waals surface area contributed by atoms with Gasteiger partial charge in [-0.3, -0.25) is 5.10 Å². The number of hydrogen-bond donors (Lipinski definition) is 2. The summed E-state index contributed by atoms with van der Waals surface area (Å²) in [6, 6.07) is 10.3. The van der Waals surface area contributed by atoms with E-state index in [9.17, 15) is 0 Å². The van der Waals surface area contributed by atoms with Gasteiger partial charge in [0.2, 0.25) is 0 Å². The van der Waals surface area contributed by atoms with Crippen LogP contribution in [-0.2, 0) is 6.54 Å². The molecule has 1 atom stereocenters. The molecule has 0 saturated carbocycles. The molecule has 0 bridgehead atoms. The first-order valence-electron chi connectivity index (χ1n) is 6.02. The van der Waals surface area contributed by atoms with Gasteiger partial charge in [0, 0.05) is 23.7 Å². The molecule has 92 valence electrons. The van der Waals surface area contributed by atoms with Gasteiger partial charge in [-0.2, -0.15) is 5.10 Å². The van der Waals surface area contributed by atoms with Gasteiger partial charge in [0.25, 0.3) is 0 Å².